The maximum atomic E-state index is 13.7. The lowest BCUT2D eigenvalue weighted by Crippen LogP contribution is -2.23. The third kappa shape index (κ3) is 2.55. The zero-order valence-corrected chi connectivity index (χ0v) is 10.7. The van der Waals surface area contributed by atoms with Crippen LogP contribution >= 0.6 is 0 Å². The lowest BCUT2D eigenvalue weighted by atomic mass is 10.1. The molecule has 8 heteroatoms. The number of rotatable bonds is 4. The van der Waals surface area contributed by atoms with E-state index in [4.69, 9.17) is 9.84 Å². The third-order valence-corrected chi connectivity index (χ3v) is 3.31. The van der Waals surface area contributed by atoms with Crippen molar-refractivity contribution in [3.05, 3.63) is 33.6 Å². The summed E-state index contributed by atoms with van der Waals surface area (Å²) in [4.78, 5) is 22.8. The number of hydrogen-bond acceptors (Lipinski definition) is 5. The number of nitro benzene ring substituents is 1. The van der Waals surface area contributed by atoms with Gasteiger partial charge in [-0.25, -0.2) is 9.18 Å². The summed E-state index contributed by atoms with van der Waals surface area (Å²) in [7, 11) is 1.54. The highest BCUT2D eigenvalue weighted by molar-refractivity contribution is 5.90. The van der Waals surface area contributed by atoms with E-state index in [1.807, 2.05) is 0 Å². The fourth-order valence-electron chi connectivity index (χ4n) is 2.25. The molecule has 7 nitrogen and oxygen atoms in total. The van der Waals surface area contributed by atoms with Crippen LogP contribution in [0.1, 0.15) is 16.8 Å². The van der Waals surface area contributed by atoms with E-state index in [-0.39, 0.29) is 11.8 Å². The molecule has 0 radical (unpaired) electrons. The van der Waals surface area contributed by atoms with Gasteiger partial charge in [0.2, 0.25) is 0 Å². The molecule has 0 bridgehead atoms. The molecule has 1 saturated heterocycles. The van der Waals surface area contributed by atoms with Crippen molar-refractivity contribution in [3.8, 4) is 0 Å². The van der Waals surface area contributed by atoms with Crippen LogP contribution in [0.3, 0.4) is 0 Å². The first-order valence-corrected chi connectivity index (χ1v) is 5.93. The largest absolute Gasteiger partial charge is 0.478 e. The monoisotopic (exact) mass is 284 g/mol. The third-order valence-electron chi connectivity index (χ3n) is 3.31. The molecular weight excluding hydrogens is 271 g/mol. The molecule has 1 fully saturated rings. The number of ether oxygens (including phenoxy) is 1. The van der Waals surface area contributed by atoms with E-state index in [1.54, 1.807) is 4.90 Å². The minimum Gasteiger partial charge on any atom is -0.478 e. The smallest absolute Gasteiger partial charge is 0.338 e. The SMILES string of the molecule is COC1CCN(c2cc(F)c(C(=O)O)cc2[N+](=O)[O-])C1. The maximum absolute atomic E-state index is 13.7. The predicted octanol–water partition coefficient (Wildman–Crippen LogP) is 1.66. The minimum atomic E-state index is -1.53. The van der Waals surface area contributed by atoms with Gasteiger partial charge in [0.15, 0.2) is 0 Å². The molecule has 0 aliphatic carbocycles. The predicted molar refractivity (Wildman–Crippen MR) is 67.6 cm³/mol. The molecule has 1 unspecified atom stereocenters. The number of hydrogen-bond donors (Lipinski definition) is 1. The Morgan fingerprint density at radius 1 is 1.60 bits per heavy atom. The molecule has 108 valence electrons. The van der Waals surface area contributed by atoms with Crippen LogP contribution in [0.5, 0.6) is 0 Å². The van der Waals surface area contributed by atoms with Crippen LogP contribution in [0, 0.1) is 15.9 Å². The number of anilines is 1. The van der Waals surface area contributed by atoms with Crippen molar-refractivity contribution >= 4 is 17.3 Å². The number of aromatic carboxylic acids is 1. The van der Waals surface area contributed by atoms with Crippen molar-refractivity contribution in [2.45, 2.75) is 12.5 Å². The first kappa shape index (κ1) is 14.2. The van der Waals surface area contributed by atoms with Gasteiger partial charge >= 0.3 is 5.97 Å². The number of carboxylic acids is 1. The summed E-state index contributed by atoms with van der Waals surface area (Å²) in [6.07, 6.45) is 0.604. The molecule has 0 spiro atoms. The number of methoxy groups -OCH3 is 1. The van der Waals surface area contributed by atoms with Gasteiger partial charge in [-0.1, -0.05) is 0 Å². The fourth-order valence-corrected chi connectivity index (χ4v) is 2.25. The zero-order valence-electron chi connectivity index (χ0n) is 10.7. The molecule has 1 aromatic rings. The van der Waals surface area contributed by atoms with Gasteiger partial charge in [0.25, 0.3) is 5.69 Å². The Morgan fingerprint density at radius 3 is 2.80 bits per heavy atom. The van der Waals surface area contributed by atoms with Crippen LogP contribution in [0.2, 0.25) is 0 Å². The summed E-state index contributed by atoms with van der Waals surface area (Å²) in [5, 5.41) is 19.9. The second kappa shape index (κ2) is 5.41. The summed E-state index contributed by atoms with van der Waals surface area (Å²) in [5.41, 5.74) is -1.04. The average Bonchev–Trinajstić information content (AvgIpc) is 2.86. The number of benzene rings is 1. The average molecular weight is 284 g/mol. The van der Waals surface area contributed by atoms with Crippen molar-refractivity contribution in [1.82, 2.24) is 0 Å². The van der Waals surface area contributed by atoms with Gasteiger partial charge in [-0.3, -0.25) is 10.1 Å². The number of carboxylic acid groups (broad SMARTS) is 1. The molecule has 0 saturated carbocycles. The Morgan fingerprint density at radius 2 is 2.30 bits per heavy atom. The van der Waals surface area contributed by atoms with Crippen molar-refractivity contribution < 1.29 is 24.0 Å². The molecule has 1 aromatic carbocycles. The van der Waals surface area contributed by atoms with Crippen LogP contribution in [-0.4, -0.2) is 42.3 Å². The van der Waals surface area contributed by atoms with Gasteiger partial charge in [-0.15, -0.1) is 0 Å². The minimum absolute atomic E-state index is 0.0724. The van der Waals surface area contributed by atoms with Crippen molar-refractivity contribution in [2.24, 2.45) is 0 Å². The standard InChI is InChI=1S/C12H13FN2O5/c1-20-7-2-3-14(6-7)10-5-9(13)8(12(16)17)4-11(10)15(18)19/h4-5,7H,2-3,6H2,1H3,(H,16,17). The zero-order chi connectivity index (χ0) is 14.9. The highest BCUT2D eigenvalue weighted by Gasteiger charge is 2.30. The second-order valence-corrected chi connectivity index (χ2v) is 4.48. The molecule has 1 atom stereocenters. The summed E-state index contributed by atoms with van der Waals surface area (Å²) in [5.74, 6) is -2.52. The van der Waals surface area contributed by atoms with Gasteiger partial charge < -0.3 is 14.7 Å². The molecule has 1 N–H and O–H groups in total. The molecule has 0 amide bonds. The summed E-state index contributed by atoms with van der Waals surface area (Å²) >= 11 is 0. The Hall–Kier alpha value is -2.22. The molecule has 20 heavy (non-hydrogen) atoms. The van der Waals surface area contributed by atoms with Crippen LogP contribution in [0.4, 0.5) is 15.8 Å². The highest BCUT2D eigenvalue weighted by atomic mass is 19.1. The van der Waals surface area contributed by atoms with E-state index >= 15 is 0 Å². The lowest BCUT2D eigenvalue weighted by Gasteiger charge is -2.18. The number of halogens is 1. The number of nitro groups is 1. The summed E-state index contributed by atoms with van der Waals surface area (Å²) in [6, 6.07) is 1.66. The van der Waals surface area contributed by atoms with E-state index in [2.05, 4.69) is 0 Å². The Bertz CT molecular complexity index is 563. The molecule has 2 rings (SSSR count). The Balaban J connectivity index is 2.45. The topological polar surface area (TPSA) is 92.9 Å². The van der Waals surface area contributed by atoms with Crippen molar-refractivity contribution in [2.75, 3.05) is 25.1 Å². The number of carbonyl (C=O) groups is 1. The normalized spacial score (nSPS) is 18.3. The first-order valence-electron chi connectivity index (χ1n) is 5.93. The van der Waals surface area contributed by atoms with Crippen LogP contribution in [-0.2, 0) is 4.74 Å². The Kier molecular flexibility index (Phi) is 3.84. The number of nitrogens with zero attached hydrogens (tertiary/aromatic N) is 2. The molecule has 1 heterocycles. The van der Waals surface area contributed by atoms with Crippen LogP contribution < -0.4 is 4.90 Å². The van der Waals surface area contributed by atoms with Gasteiger partial charge in [-0.05, 0) is 6.42 Å². The van der Waals surface area contributed by atoms with Crippen LogP contribution in [0.15, 0.2) is 12.1 Å². The van der Waals surface area contributed by atoms with Crippen molar-refractivity contribution in [3.63, 3.8) is 0 Å². The maximum Gasteiger partial charge on any atom is 0.338 e. The lowest BCUT2D eigenvalue weighted by molar-refractivity contribution is -0.384. The van der Waals surface area contributed by atoms with E-state index in [0.717, 1.165) is 12.1 Å². The molecular formula is C12H13FN2O5. The van der Waals surface area contributed by atoms with Gasteiger partial charge in [0.05, 0.1) is 11.0 Å². The van der Waals surface area contributed by atoms with Crippen LogP contribution in [0.25, 0.3) is 0 Å². The molecule has 0 aromatic heterocycles. The fraction of sp³-hybridized carbons (Fsp3) is 0.417. The first-order chi connectivity index (χ1) is 9.43. The molecule has 1 aliphatic rings. The van der Waals surface area contributed by atoms with E-state index < -0.39 is 28.0 Å². The van der Waals surface area contributed by atoms with Crippen molar-refractivity contribution in [1.29, 1.82) is 0 Å². The van der Waals surface area contributed by atoms with Gasteiger partial charge in [0, 0.05) is 32.3 Å². The summed E-state index contributed by atoms with van der Waals surface area (Å²) in [6.45, 7) is 0.897. The van der Waals surface area contributed by atoms with Gasteiger partial charge in [-0.2, -0.15) is 0 Å². The Labute approximate surface area is 113 Å². The second-order valence-electron chi connectivity index (χ2n) is 4.48. The summed E-state index contributed by atoms with van der Waals surface area (Å²) < 4.78 is 18.9. The van der Waals surface area contributed by atoms with E-state index in [1.165, 1.54) is 7.11 Å². The van der Waals surface area contributed by atoms with E-state index in [0.29, 0.717) is 19.5 Å². The van der Waals surface area contributed by atoms with Gasteiger partial charge in [0.1, 0.15) is 17.1 Å². The quantitative estimate of drug-likeness (QED) is 0.667. The molecule has 1 aliphatic heterocycles. The highest BCUT2D eigenvalue weighted by Crippen LogP contribution is 2.33. The van der Waals surface area contributed by atoms with E-state index in [9.17, 15) is 19.3 Å².